The molecule has 1 saturated heterocycles. The maximum absolute atomic E-state index is 13.5. The maximum atomic E-state index is 13.5. The van der Waals surface area contributed by atoms with Crippen LogP contribution in [0.1, 0.15) is 12.5 Å². The van der Waals surface area contributed by atoms with Crippen molar-refractivity contribution in [3.05, 3.63) is 58.6 Å². The molecule has 1 aromatic heterocycles. The van der Waals surface area contributed by atoms with E-state index in [-0.39, 0.29) is 30.3 Å². The number of halogens is 3. The zero-order chi connectivity index (χ0) is 25.9. The van der Waals surface area contributed by atoms with Gasteiger partial charge in [-0.25, -0.2) is 13.4 Å². The number of alkyl halides is 3. The number of hydrogen-bond donors (Lipinski definition) is 2. The van der Waals surface area contributed by atoms with Crippen molar-refractivity contribution in [3.63, 3.8) is 0 Å². The number of pyridine rings is 1. The number of anilines is 2. The number of aliphatic hydroxyl groups is 1. The van der Waals surface area contributed by atoms with Crippen LogP contribution in [-0.4, -0.2) is 61.2 Å². The lowest BCUT2D eigenvalue weighted by atomic mass is 9.92. The molecule has 0 aliphatic carbocycles. The van der Waals surface area contributed by atoms with Gasteiger partial charge in [0.15, 0.2) is 5.60 Å². The summed E-state index contributed by atoms with van der Waals surface area (Å²) < 4.78 is 67.9. The average molecular weight is 510 g/mol. The molecule has 0 radical (unpaired) electrons. The van der Waals surface area contributed by atoms with Gasteiger partial charge >= 0.3 is 6.18 Å². The molecule has 2 heterocycles. The second kappa shape index (κ2) is 10.0. The van der Waals surface area contributed by atoms with E-state index < -0.39 is 40.0 Å². The molecule has 0 bridgehead atoms. The lowest BCUT2D eigenvalue weighted by molar-refractivity contribution is -0.262. The molecule has 1 fully saturated rings. The van der Waals surface area contributed by atoms with Gasteiger partial charge in [-0.15, -0.1) is 5.92 Å². The summed E-state index contributed by atoms with van der Waals surface area (Å²) >= 11 is 0. The van der Waals surface area contributed by atoms with Gasteiger partial charge in [-0.05, 0) is 42.3 Å². The Labute approximate surface area is 199 Å². The molecule has 14 heteroatoms. The first-order valence-corrected chi connectivity index (χ1v) is 11.7. The number of rotatable bonds is 6. The van der Waals surface area contributed by atoms with Crippen molar-refractivity contribution in [2.45, 2.75) is 29.6 Å². The van der Waals surface area contributed by atoms with E-state index in [9.17, 15) is 26.7 Å². The Morgan fingerprint density at radius 1 is 1.26 bits per heavy atom. The third-order valence-electron chi connectivity index (χ3n) is 5.56. The van der Waals surface area contributed by atoms with Crippen LogP contribution in [0.5, 0.6) is 0 Å². The van der Waals surface area contributed by atoms with Gasteiger partial charge in [0.25, 0.3) is 0 Å². The van der Waals surface area contributed by atoms with Crippen molar-refractivity contribution in [2.75, 3.05) is 36.8 Å². The summed E-state index contributed by atoms with van der Waals surface area (Å²) in [6, 6.07) is 7.10. The SMILES string of the molecule is CC#C[C@H]1CN(S(=O)(=O)c2ccc(N)nc2)CCN1c1ccc([C@](O)(CN=[N+]=[N-])C(F)(F)F)cc1. The number of piperazine rings is 1. The minimum Gasteiger partial charge on any atom is -0.384 e. The predicted molar refractivity (Wildman–Crippen MR) is 122 cm³/mol. The number of benzene rings is 1. The van der Waals surface area contributed by atoms with Gasteiger partial charge in [0, 0.05) is 36.4 Å². The van der Waals surface area contributed by atoms with E-state index in [1.807, 2.05) is 0 Å². The smallest absolute Gasteiger partial charge is 0.384 e. The zero-order valence-electron chi connectivity index (χ0n) is 18.5. The summed E-state index contributed by atoms with van der Waals surface area (Å²) in [5.41, 5.74) is 10.6. The van der Waals surface area contributed by atoms with E-state index in [0.29, 0.717) is 5.69 Å². The highest BCUT2D eigenvalue weighted by Gasteiger charge is 2.54. The minimum absolute atomic E-state index is 0.0126. The number of azide groups is 1. The summed E-state index contributed by atoms with van der Waals surface area (Å²) in [5, 5.41) is 13.1. The van der Waals surface area contributed by atoms with Crippen LogP contribution in [0.2, 0.25) is 0 Å². The van der Waals surface area contributed by atoms with Crippen molar-refractivity contribution in [1.29, 1.82) is 0 Å². The van der Waals surface area contributed by atoms with Gasteiger partial charge in [0.1, 0.15) is 16.8 Å². The molecular weight excluding hydrogens is 487 g/mol. The van der Waals surface area contributed by atoms with Gasteiger partial charge in [0.05, 0.1) is 6.54 Å². The van der Waals surface area contributed by atoms with E-state index in [0.717, 1.165) is 12.1 Å². The molecule has 0 spiro atoms. The lowest BCUT2D eigenvalue weighted by Gasteiger charge is -2.40. The third kappa shape index (κ3) is 5.28. The Balaban J connectivity index is 1.87. The summed E-state index contributed by atoms with van der Waals surface area (Å²) in [5.74, 6) is 5.88. The Morgan fingerprint density at radius 3 is 2.49 bits per heavy atom. The maximum Gasteiger partial charge on any atom is 0.421 e. The van der Waals surface area contributed by atoms with Crippen LogP contribution in [0.3, 0.4) is 0 Å². The van der Waals surface area contributed by atoms with Crippen LogP contribution in [0.4, 0.5) is 24.7 Å². The van der Waals surface area contributed by atoms with Crippen LogP contribution in [-0.2, 0) is 15.6 Å². The number of nitrogen functional groups attached to an aromatic ring is 1. The van der Waals surface area contributed by atoms with E-state index in [2.05, 4.69) is 26.9 Å². The molecule has 0 unspecified atom stereocenters. The highest BCUT2D eigenvalue weighted by atomic mass is 32.2. The summed E-state index contributed by atoms with van der Waals surface area (Å²) in [4.78, 5) is 7.90. The zero-order valence-corrected chi connectivity index (χ0v) is 19.3. The highest BCUT2D eigenvalue weighted by Crippen LogP contribution is 2.40. The second-order valence-electron chi connectivity index (χ2n) is 7.68. The Morgan fingerprint density at radius 2 is 1.94 bits per heavy atom. The van der Waals surface area contributed by atoms with Crippen LogP contribution >= 0.6 is 0 Å². The van der Waals surface area contributed by atoms with Crippen molar-refractivity contribution in [2.24, 2.45) is 5.11 Å². The molecule has 2 aromatic rings. The first kappa shape index (κ1) is 26.1. The van der Waals surface area contributed by atoms with Crippen LogP contribution in [0.15, 0.2) is 52.6 Å². The molecule has 10 nitrogen and oxygen atoms in total. The number of nitrogens with two attached hydrogens (primary N) is 1. The van der Waals surface area contributed by atoms with E-state index in [1.54, 1.807) is 11.8 Å². The molecule has 0 amide bonds. The highest BCUT2D eigenvalue weighted by molar-refractivity contribution is 7.89. The van der Waals surface area contributed by atoms with Crippen molar-refractivity contribution in [3.8, 4) is 11.8 Å². The van der Waals surface area contributed by atoms with Crippen LogP contribution in [0.25, 0.3) is 10.4 Å². The van der Waals surface area contributed by atoms with E-state index in [1.165, 1.54) is 34.8 Å². The number of hydrogen-bond acceptors (Lipinski definition) is 7. The van der Waals surface area contributed by atoms with Gasteiger partial charge in [-0.1, -0.05) is 23.2 Å². The monoisotopic (exact) mass is 509 g/mol. The van der Waals surface area contributed by atoms with Gasteiger partial charge in [-0.3, -0.25) is 0 Å². The molecular formula is C21H22F3N7O3S. The van der Waals surface area contributed by atoms with Gasteiger partial charge in [-0.2, -0.15) is 17.5 Å². The fourth-order valence-corrected chi connectivity index (χ4v) is 5.06. The van der Waals surface area contributed by atoms with Crippen molar-refractivity contribution in [1.82, 2.24) is 9.29 Å². The normalized spacial score (nSPS) is 18.7. The molecule has 1 aromatic carbocycles. The number of aromatic nitrogens is 1. The molecule has 1 aliphatic heterocycles. The average Bonchev–Trinajstić information content (AvgIpc) is 2.82. The topological polar surface area (TPSA) is 149 Å². The molecule has 1 aliphatic rings. The largest absolute Gasteiger partial charge is 0.421 e. The van der Waals surface area contributed by atoms with Crippen LogP contribution < -0.4 is 10.6 Å². The molecule has 3 N–H and O–H groups in total. The first-order valence-electron chi connectivity index (χ1n) is 10.2. The summed E-state index contributed by atoms with van der Waals surface area (Å²) in [6.07, 6.45) is -3.90. The Hall–Kier alpha value is -3.50. The molecule has 35 heavy (non-hydrogen) atoms. The summed E-state index contributed by atoms with van der Waals surface area (Å²) in [7, 11) is -3.86. The standard InChI is InChI=1S/C21H22F3N7O3S/c1-2-3-17-13-30(35(33,34)18-8-9-19(25)27-12-18)10-11-31(17)16-6-4-15(5-7-16)20(32,14-28-29-26)21(22,23)24/h4-9,12,17,32H,10-11,13-14H2,1H3,(H2,25,27)/t17-,20+/m0/s1. The predicted octanol–water partition coefficient (Wildman–Crippen LogP) is 2.63. The fourth-order valence-electron chi connectivity index (χ4n) is 3.68. The Bertz CT molecular complexity index is 1270. The molecule has 3 rings (SSSR count). The lowest BCUT2D eigenvalue weighted by Crippen LogP contribution is -2.54. The minimum atomic E-state index is -5.07. The molecule has 0 saturated carbocycles. The third-order valence-corrected chi connectivity index (χ3v) is 7.41. The van der Waals surface area contributed by atoms with Crippen molar-refractivity contribution < 1.29 is 26.7 Å². The van der Waals surface area contributed by atoms with Gasteiger partial charge in [0.2, 0.25) is 10.0 Å². The van der Waals surface area contributed by atoms with Crippen LogP contribution in [0, 0.1) is 11.8 Å². The molecule has 186 valence electrons. The summed E-state index contributed by atoms with van der Waals surface area (Å²) in [6.45, 7) is 0.700. The number of sulfonamides is 1. The van der Waals surface area contributed by atoms with E-state index in [4.69, 9.17) is 11.3 Å². The van der Waals surface area contributed by atoms with E-state index >= 15 is 0 Å². The quantitative estimate of drug-likeness (QED) is 0.265. The van der Waals surface area contributed by atoms with Gasteiger partial charge < -0.3 is 15.7 Å². The van der Waals surface area contributed by atoms with Crippen molar-refractivity contribution >= 4 is 21.5 Å². The number of nitrogens with zero attached hydrogens (tertiary/aromatic N) is 6. The molecule has 2 atom stereocenters. The Kier molecular flexibility index (Phi) is 7.47. The second-order valence-corrected chi connectivity index (χ2v) is 9.62. The fraction of sp³-hybridized carbons (Fsp3) is 0.381. The first-order chi connectivity index (χ1) is 16.4.